The van der Waals surface area contributed by atoms with Crippen LogP contribution in [0.2, 0.25) is 0 Å². The lowest BCUT2D eigenvalue weighted by atomic mass is 9.87. The number of piperazine rings is 1. The third kappa shape index (κ3) is 5.72. The van der Waals surface area contributed by atoms with Gasteiger partial charge in [0.1, 0.15) is 12.3 Å². The SMILES string of the molecule is CC(C)(C)c1ccc(COC(=O)N2CCN(c3nc(C(=O)Nc4ccc5[nH]c(=O)oc5c4)cs3)CC2)cc1. The smallest absolute Gasteiger partial charge is 0.417 e. The normalized spacial score (nSPS) is 14.1. The molecule has 1 aliphatic rings. The standard InChI is InChI=1S/C27H29N5O5S/c1-27(2,3)18-6-4-17(5-7-18)15-36-26(35)32-12-10-31(11-13-32)24-29-21(16-38-24)23(33)28-19-8-9-20-22(14-19)37-25(34)30-20/h4-9,14,16H,10-13,15H2,1-3H3,(H,28,33)(H,30,34). The summed E-state index contributed by atoms with van der Waals surface area (Å²) in [6, 6.07) is 13.1. The van der Waals surface area contributed by atoms with Crippen molar-refractivity contribution in [1.29, 1.82) is 0 Å². The summed E-state index contributed by atoms with van der Waals surface area (Å²) in [5.41, 5.74) is 3.98. The lowest BCUT2D eigenvalue weighted by Gasteiger charge is -2.33. The van der Waals surface area contributed by atoms with Gasteiger partial charge in [-0.15, -0.1) is 11.3 Å². The molecule has 3 heterocycles. The average molecular weight is 536 g/mol. The number of thiazole rings is 1. The van der Waals surface area contributed by atoms with E-state index >= 15 is 0 Å². The second-order valence-electron chi connectivity index (χ2n) is 10.2. The third-order valence-corrected chi connectivity index (χ3v) is 7.30. The average Bonchev–Trinajstić information content (AvgIpc) is 3.53. The molecule has 11 heteroatoms. The summed E-state index contributed by atoms with van der Waals surface area (Å²) in [6.07, 6.45) is -0.334. The van der Waals surface area contributed by atoms with Gasteiger partial charge in [-0.25, -0.2) is 14.6 Å². The molecule has 5 rings (SSSR count). The number of hydrogen-bond donors (Lipinski definition) is 2. The number of aromatic amines is 1. The number of aromatic nitrogens is 2. The Kier molecular flexibility index (Phi) is 6.94. The second-order valence-corrected chi connectivity index (χ2v) is 11.0. The largest absolute Gasteiger partial charge is 0.445 e. The van der Waals surface area contributed by atoms with Gasteiger partial charge in [-0.1, -0.05) is 45.0 Å². The van der Waals surface area contributed by atoms with E-state index in [2.05, 4.69) is 53.1 Å². The molecule has 2 aromatic carbocycles. The van der Waals surface area contributed by atoms with Crippen molar-refractivity contribution in [3.63, 3.8) is 0 Å². The van der Waals surface area contributed by atoms with Crippen molar-refractivity contribution in [1.82, 2.24) is 14.9 Å². The number of ether oxygens (including phenoxy) is 1. The first kappa shape index (κ1) is 25.5. The number of rotatable bonds is 5. The minimum atomic E-state index is -0.549. The molecule has 38 heavy (non-hydrogen) atoms. The predicted molar refractivity (Wildman–Crippen MR) is 146 cm³/mol. The Morgan fingerprint density at radius 2 is 1.84 bits per heavy atom. The minimum absolute atomic E-state index is 0.0782. The molecule has 2 amide bonds. The molecule has 0 aliphatic carbocycles. The number of carbonyl (C=O) groups excluding carboxylic acids is 2. The molecule has 198 valence electrons. The van der Waals surface area contributed by atoms with E-state index in [1.807, 2.05) is 12.1 Å². The zero-order chi connectivity index (χ0) is 26.9. The zero-order valence-electron chi connectivity index (χ0n) is 21.4. The number of nitrogens with one attached hydrogen (secondary N) is 2. The van der Waals surface area contributed by atoms with Gasteiger partial charge < -0.3 is 24.3 Å². The van der Waals surface area contributed by atoms with Gasteiger partial charge >= 0.3 is 11.8 Å². The van der Waals surface area contributed by atoms with Crippen molar-refractivity contribution >= 4 is 45.3 Å². The van der Waals surface area contributed by atoms with Crippen molar-refractivity contribution in [3.8, 4) is 0 Å². The van der Waals surface area contributed by atoms with Crippen molar-refractivity contribution in [2.75, 3.05) is 36.4 Å². The number of oxazole rings is 1. The molecule has 4 aromatic rings. The van der Waals surface area contributed by atoms with Gasteiger partial charge in [-0.05, 0) is 28.7 Å². The van der Waals surface area contributed by atoms with Crippen LogP contribution in [0.15, 0.2) is 57.1 Å². The van der Waals surface area contributed by atoms with Crippen molar-refractivity contribution < 1.29 is 18.7 Å². The summed E-state index contributed by atoms with van der Waals surface area (Å²) in [7, 11) is 0. The zero-order valence-corrected chi connectivity index (χ0v) is 22.3. The van der Waals surface area contributed by atoms with Crippen LogP contribution in [0.1, 0.15) is 42.4 Å². The van der Waals surface area contributed by atoms with Crippen molar-refractivity contribution in [3.05, 3.63) is 75.2 Å². The number of H-pyrrole nitrogens is 1. The fourth-order valence-corrected chi connectivity index (χ4v) is 5.01. The number of hydrogen-bond acceptors (Lipinski definition) is 8. The van der Waals surface area contributed by atoms with E-state index in [0.29, 0.717) is 53.8 Å². The van der Waals surface area contributed by atoms with Gasteiger partial charge in [-0.2, -0.15) is 0 Å². The Bertz CT molecular complexity index is 1510. The third-order valence-electron chi connectivity index (χ3n) is 6.39. The first-order chi connectivity index (χ1) is 18.2. The maximum absolute atomic E-state index is 12.7. The van der Waals surface area contributed by atoms with Crippen LogP contribution in [0, 0.1) is 0 Å². The summed E-state index contributed by atoms with van der Waals surface area (Å²) in [5.74, 6) is -0.908. The minimum Gasteiger partial charge on any atom is -0.445 e. The lowest BCUT2D eigenvalue weighted by molar-refractivity contribution is 0.0941. The number of anilines is 2. The summed E-state index contributed by atoms with van der Waals surface area (Å²) in [4.78, 5) is 47.4. The number of benzene rings is 2. The van der Waals surface area contributed by atoms with Gasteiger partial charge in [0, 0.05) is 43.3 Å². The van der Waals surface area contributed by atoms with Gasteiger partial charge in [-0.3, -0.25) is 9.78 Å². The molecule has 0 atom stereocenters. The maximum Gasteiger partial charge on any atom is 0.417 e. The summed E-state index contributed by atoms with van der Waals surface area (Å²) >= 11 is 1.38. The summed E-state index contributed by atoms with van der Waals surface area (Å²) in [5, 5.41) is 5.19. The predicted octanol–water partition coefficient (Wildman–Crippen LogP) is 4.59. The van der Waals surface area contributed by atoms with Crippen LogP contribution >= 0.6 is 11.3 Å². The highest BCUT2D eigenvalue weighted by Crippen LogP contribution is 2.24. The van der Waals surface area contributed by atoms with Crippen LogP contribution in [0.3, 0.4) is 0 Å². The van der Waals surface area contributed by atoms with Gasteiger partial charge in [0.05, 0.1) is 5.52 Å². The van der Waals surface area contributed by atoms with Crippen LogP contribution in [0.4, 0.5) is 15.6 Å². The summed E-state index contributed by atoms with van der Waals surface area (Å²) in [6.45, 7) is 8.91. The van der Waals surface area contributed by atoms with Gasteiger partial charge in [0.15, 0.2) is 10.7 Å². The highest BCUT2D eigenvalue weighted by molar-refractivity contribution is 7.14. The van der Waals surface area contributed by atoms with E-state index < -0.39 is 5.76 Å². The fourth-order valence-electron chi connectivity index (χ4n) is 4.15. The molecule has 10 nitrogen and oxygen atoms in total. The lowest BCUT2D eigenvalue weighted by Crippen LogP contribution is -2.49. The Balaban J connectivity index is 1.11. The number of nitrogens with zero attached hydrogens (tertiary/aromatic N) is 3. The number of carbonyl (C=O) groups is 2. The van der Waals surface area contributed by atoms with E-state index in [-0.39, 0.29) is 24.0 Å². The molecule has 1 saturated heterocycles. The maximum atomic E-state index is 12.7. The van der Waals surface area contributed by atoms with Gasteiger partial charge in [0.2, 0.25) is 0 Å². The highest BCUT2D eigenvalue weighted by Gasteiger charge is 2.25. The number of amides is 2. The van der Waals surface area contributed by atoms with Crippen molar-refractivity contribution in [2.24, 2.45) is 0 Å². The Morgan fingerprint density at radius 1 is 1.11 bits per heavy atom. The molecule has 0 bridgehead atoms. The van der Waals surface area contributed by atoms with E-state index in [0.717, 1.165) is 5.56 Å². The molecular formula is C27H29N5O5S. The number of fused-ring (bicyclic) bond motifs is 1. The van der Waals surface area contributed by atoms with E-state index in [1.54, 1.807) is 28.5 Å². The summed E-state index contributed by atoms with van der Waals surface area (Å²) < 4.78 is 10.6. The van der Waals surface area contributed by atoms with Crippen LogP contribution in [-0.4, -0.2) is 53.0 Å². The topological polar surface area (TPSA) is 121 Å². The molecule has 0 radical (unpaired) electrons. The van der Waals surface area contributed by atoms with E-state index in [1.165, 1.54) is 16.9 Å². The highest BCUT2D eigenvalue weighted by atomic mass is 32.1. The van der Waals surface area contributed by atoms with Crippen LogP contribution in [-0.2, 0) is 16.8 Å². The Labute approximate surface area is 223 Å². The Hall–Kier alpha value is -4.12. The van der Waals surface area contributed by atoms with E-state index in [9.17, 15) is 14.4 Å². The second kappa shape index (κ2) is 10.3. The first-order valence-corrected chi connectivity index (χ1v) is 13.2. The molecule has 0 spiro atoms. The fraction of sp³-hybridized carbons (Fsp3) is 0.333. The molecule has 2 N–H and O–H groups in total. The molecule has 0 saturated carbocycles. The molecular weight excluding hydrogens is 506 g/mol. The molecule has 0 unspecified atom stereocenters. The monoisotopic (exact) mass is 535 g/mol. The molecule has 1 aliphatic heterocycles. The molecule has 1 fully saturated rings. The molecule has 2 aromatic heterocycles. The van der Waals surface area contributed by atoms with Crippen LogP contribution < -0.4 is 16.0 Å². The van der Waals surface area contributed by atoms with Crippen LogP contribution in [0.25, 0.3) is 11.1 Å². The first-order valence-electron chi connectivity index (χ1n) is 12.3. The quantitative estimate of drug-likeness (QED) is 0.384. The van der Waals surface area contributed by atoms with E-state index in [4.69, 9.17) is 9.15 Å². The van der Waals surface area contributed by atoms with Crippen molar-refractivity contribution in [2.45, 2.75) is 32.8 Å². The van der Waals surface area contributed by atoms with Crippen LogP contribution in [0.5, 0.6) is 0 Å². The van der Waals surface area contributed by atoms with Gasteiger partial charge in [0.25, 0.3) is 5.91 Å². The Morgan fingerprint density at radius 3 is 2.55 bits per heavy atom.